The van der Waals surface area contributed by atoms with Crippen LogP contribution in [0.1, 0.15) is 19.7 Å². The highest BCUT2D eigenvalue weighted by atomic mass is 16.4. The molecule has 0 spiro atoms. The first-order valence-electron chi connectivity index (χ1n) is 6.15. The van der Waals surface area contributed by atoms with Gasteiger partial charge in [0, 0.05) is 38.4 Å². The molecule has 2 amide bonds. The van der Waals surface area contributed by atoms with Gasteiger partial charge in [-0.05, 0) is 13.8 Å². The maximum absolute atomic E-state index is 11.6. The Morgan fingerprint density at radius 1 is 1.47 bits per heavy atom. The lowest BCUT2D eigenvalue weighted by molar-refractivity contribution is -0.141. The van der Waals surface area contributed by atoms with E-state index in [0.717, 1.165) is 5.82 Å². The Balaban J connectivity index is 2.28. The summed E-state index contributed by atoms with van der Waals surface area (Å²) in [4.78, 5) is 26.4. The number of aryl methyl sites for hydroxylation is 1. The minimum absolute atomic E-state index is 0.366. The molecule has 7 nitrogen and oxygen atoms in total. The number of imidazole rings is 1. The molecule has 3 N–H and O–H groups in total. The lowest BCUT2D eigenvalue weighted by Gasteiger charge is -2.18. The minimum Gasteiger partial charge on any atom is -0.481 e. The fourth-order valence-electron chi connectivity index (χ4n) is 1.52. The van der Waals surface area contributed by atoms with Crippen molar-refractivity contribution in [3.63, 3.8) is 0 Å². The molecule has 0 saturated carbocycles. The highest BCUT2D eigenvalue weighted by Gasteiger charge is 2.20. The minimum atomic E-state index is -0.930. The van der Waals surface area contributed by atoms with Gasteiger partial charge in [0.25, 0.3) is 0 Å². The van der Waals surface area contributed by atoms with Crippen molar-refractivity contribution < 1.29 is 14.7 Å². The number of amides is 2. The van der Waals surface area contributed by atoms with Gasteiger partial charge >= 0.3 is 12.0 Å². The molecule has 0 aliphatic heterocycles. The standard InChI is InChI=1S/C12H20N4O3/c1-8(11(17)18)9(2)15-12(19)14-5-4-10-13-6-7-16(10)3/h6-9H,4-5H2,1-3H3,(H,17,18)(H2,14,15,19). The van der Waals surface area contributed by atoms with Gasteiger partial charge in [0.1, 0.15) is 5.82 Å². The zero-order valence-electron chi connectivity index (χ0n) is 11.4. The Hall–Kier alpha value is -2.05. The number of nitrogens with zero attached hydrogens (tertiary/aromatic N) is 2. The molecule has 0 aliphatic carbocycles. The number of nitrogens with one attached hydrogen (secondary N) is 2. The third-order valence-corrected chi connectivity index (χ3v) is 3.05. The normalized spacial score (nSPS) is 13.6. The first-order chi connectivity index (χ1) is 8.91. The average molecular weight is 268 g/mol. The molecule has 0 fully saturated rings. The van der Waals surface area contributed by atoms with E-state index in [4.69, 9.17) is 5.11 Å². The molecule has 1 rings (SSSR count). The van der Waals surface area contributed by atoms with Crippen LogP contribution in [0.3, 0.4) is 0 Å². The van der Waals surface area contributed by atoms with Gasteiger partial charge in [-0.15, -0.1) is 0 Å². The molecule has 0 aromatic carbocycles. The lowest BCUT2D eigenvalue weighted by atomic mass is 10.0. The summed E-state index contributed by atoms with van der Waals surface area (Å²) >= 11 is 0. The summed E-state index contributed by atoms with van der Waals surface area (Å²) in [5.74, 6) is -0.673. The zero-order valence-corrected chi connectivity index (χ0v) is 11.4. The van der Waals surface area contributed by atoms with E-state index in [-0.39, 0.29) is 6.03 Å². The zero-order chi connectivity index (χ0) is 14.4. The van der Waals surface area contributed by atoms with E-state index in [0.29, 0.717) is 13.0 Å². The van der Waals surface area contributed by atoms with Crippen LogP contribution in [0.4, 0.5) is 4.79 Å². The molecule has 2 atom stereocenters. The van der Waals surface area contributed by atoms with Gasteiger partial charge in [0.05, 0.1) is 5.92 Å². The molecule has 1 aromatic heterocycles. The molecule has 2 unspecified atom stereocenters. The Morgan fingerprint density at radius 3 is 2.68 bits per heavy atom. The molecule has 7 heteroatoms. The van der Waals surface area contributed by atoms with Crippen LogP contribution in [0.15, 0.2) is 12.4 Å². The van der Waals surface area contributed by atoms with Crippen LogP contribution in [0.5, 0.6) is 0 Å². The average Bonchev–Trinajstić information content (AvgIpc) is 2.74. The molecule has 0 bridgehead atoms. The van der Waals surface area contributed by atoms with Crippen LogP contribution in [-0.2, 0) is 18.3 Å². The first kappa shape index (κ1) is 15.0. The largest absolute Gasteiger partial charge is 0.481 e. The number of hydrogen-bond donors (Lipinski definition) is 3. The van der Waals surface area contributed by atoms with Crippen molar-refractivity contribution in [2.45, 2.75) is 26.3 Å². The molecular weight excluding hydrogens is 248 g/mol. The van der Waals surface area contributed by atoms with E-state index in [1.807, 2.05) is 17.8 Å². The van der Waals surface area contributed by atoms with E-state index in [1.165, 1.54) is 0 Å². The van der Waals surface area contributed by atoms with Crippen molar-refractivity contribution in [1.29, 1.82) is 0 Å². The van der Waals surface area contributed by atoms with Crippen molar-refractivity contribution in [2.24, 2.45) is 13.0 Å². The summed E-state index contributed by atoms with van der Waals surface area (Å²) in [5.41, 5.74) is 0. The van der Waals surface area contributed by atoms with Gasteiger partial charge in [0.2, 0.25) is 0 Å². The number of carbonyl (C=O) groups is 2. The topological polar surface area (TPSA) is 96.3 Å². The number of aromatic nitrogens is 2. The quantitative estimate of drug-likeness (QED) is 0.694. The number of hydrogen-bond acceptors (Lipinski definition) is 3. The Kier molecular flexibility index (Phi) is 5.35. The molecule has 0 radical (unpaired) electrons. The monoisotopic (exact) mass is 268 g/mol. The third kappa shape index (κ3) is 4.61. The number of rotatable bonds is 6. The summed E-state index contributed by atoms with van der Waals surface area (Å²) in [6.45, 7) is 3.67. The van der Waals surface area contributed by atoms with Gasteiger partial charge in [0.15, 0.2) is 0 Å². The summed E-state index contributed by atoms with van der Waals surface area (Å²) in [6, 6.07) is -0.791. The van der Waals surface area contributed by atoms with Gasteiger partial charge in [-0.25, -0.2) is 9.78 Å². The smallest absolute Gasteiger partial charge is 0.315 e. The van der Waals surface area contributed by atoms with E-state index in [1.54, 1.807) is 20.0 Å². The molecular formula is C12H20N4O3. The predicted octanol–water partition coefficient (Wildman–Crippen LogP) is 0.371. The fourth-order valence-corrected chi connectivity index (χ4v) is 1.52. The molecule has 0 aliphatic rings. The van der Waals surface area contributed by atoms with Crippen molar-refractivity contribution in [3.05, 3.63) is 18.2 Å². The van der Waals surface area contributed by atoms with Crippen molar-refractivity contribution >= 4 is 12.0 Å². The Labute approximate surface area is 112 Å². The van der Waals surface area contributed by atoms with Crippen LogP contribution in [-0.4, -0.2) is 39.2 Å². The lowest BCUT2D eigenvalue weighted by Crippen LogP contribution is -2.45. The fraction of sp³-hybridized carbons (Fsp3) is 0.583. The van der Waals surface area contributed by atoms with Crippen LogP contribution in [0.2, 0.25) is 0 Å². The van der Waals surface area contributed by atoms with Crippen LogP contribution in [0, 0.1) is 5.92 Å². The third-order valence-electron chi connectivity index (χ3n) is 3.05. The Morgan fingerprint density at radius 2 is 2.16 bits per heavy atom. The van der Waals surface area contributed by atoms with Gasteiger partial charge < -0.3 is 20.3 Å². The number of aliphatic carboxylic acids is 1. The Bertz CT molecular complexity index is 444. The van der Waals surface area contributed by atoms with Crippen LogP contribution < -0.4 is 10.6 Å². The van der Waals surface area contributed by atoms with Gasteiger partial charge in [-0.3, -0.25) is 4.79 Å². The maximum atomic E-state index is 11.6. The van der Waals surface area contributed by atoms with Crippen molar-refractivity contribution in [1.82, 2.24) is 20.2 Å². The van der Waals surface area contributed by atoms with E-state index in [2.05, 4.69) is 15.6 Å². The summed E-state index contributed by atoms with van der Waals surface area (Å²) in [7, 11) is 1.89. The second-order valence-electron chi connectivity index (χ2n) is 4.52. The van der Waals surface area contributed by atoms with Gasteiger partial charge in [-0.2, -0.15) is 0 Å². The summed E-state index contributed by atoms with van der Waals surface area (Å²) in [5, 5.41) is 14.1. The molecule has 106 valence electrons. The van der Waals surface area contributed by atoms with E-state index < -0.39 is 17.9 Å². The molecule has 1 aromatic rings. The SMILES string of the molecule is CC(NC(=O)NCCc1nccn1C)C(C)C(=O)O. The van der Waals surface area contributed by atoms with Crippen molar-refractivity contribution in [3.8, 4) is 0 Å². The highest BCUT2D eigenvalue weighted by molar-refractivity contribution is 5.76. The van der Waals surface area contributed by atoms with Crippen LogP contribution >= 0.6 is 0 Å². The molecule has 19 heavy (non-hydrogen) atoms. The molecule has 1 heterocycles. The maximum Gasteiger partial charge on any atom is 0.315 e. The number of urea groups is 1. The first-order valence-corrected chi connectivity index (χ1v) is 6.15. The van der Waals surface area contributed by atoms with Crippen LogP contribution in [0.25, 0.3) is 0 Å². The predicted molar refractivity (Wildman–Crippen MR) is 69.7 cm³/mol. The number of carboxylic acid groups (broad SMARTS) is 1. The summed E-state index contributed by atoms with van der Waals surface area (Å²) in [6.07, 6.45) is 4.16. The number of carboxylic acids is 1. The van der Waals surface area contributed by atoms with E-state index in [9.17, 15) is 9.59 Å². The van der Waals surface area contributed by atoms with E-state index >= 15 is 0 Å². The van der Waals surface area contributed by atoms with Gasteiger partial charge in [-0.1, -0.05) is 0 Å². The number of carbonyl (C=O) groups excluding carboxylic acids is 1. The second-order valence-corrected chi connectivity index (χ2v) is 4.52. The summed E-state index contributed by atoms with van der Waals surface area (Å²) < 4.78 is 1.88. The van der Waals surface area contributed by atoms with Crippen molar-refractivity contribution in [2.75, 3.05) is 6.54 Å². The molecule has 0 saturated heterocycles. The second kappa shape index (κ2) is 6.77. The highest BCUT2D eigenvalue weighted by Crippen LogP contribution is 2.01.